The summed E-state index contributed by atoms with van der Waals surface area (Å²) in [6, 6.07) is 0. The molecule has 90 valence electrons. The van der Waals surface area contributed by atoms with Gasteiger partial charge in [-0.15, -0.1) is 0 Å². The predicted molar refractivity (Wildman–Crippen MR) is 57.5 cm³/mol. The van der Waals surface area contributed by atoms with E-state index in [4.69, 9.17) is 4.42 Å². The Bertz CT molecular complexity index is 463. The second-order valence-corrected chi connectivity index (χ2v) is 6.43. The number of aliphatic hydroxyl groups is 1. The first kappa shape index (κ1) is 11.6. The number of aliphatic hydroxyl groups excluding tert-OH is 1. The summed E-state index contributed by atoms with van der Waals surface area (Å²) in [6.07, 6.45) is 2.78. The molecule has 1 aliphatic heterocycles. The van der Waals surface area contributed by atoms with E-state index in [2.05, 4.69) is 4.98 Å². The summed E-state index contributed by atoms with van der Waals surface area (Å²) in [5.41, 5.74) is 0. The average Bonchev–Trinajstić information content (AvgIpc) is 2.65. The van der Waals surface area contributed by atoms with Crippen molar-refractivity contribution in [3.05, 3.63) is 17.8 Å². The van der Waals surface area contributed by atoms with E-state index < -0.39 is 21.2 Å². The van der Waals surface area contributed by atoms with Crippen LogP contribution in [0.1, 0.15) is 49.2 Å². The summed E-state index contributed by atoms with van der Waals surface area (Å²) >= 11 is 0. The summed E-state index contributed by atoms with van der Waals surface area (Å²) < 4.78 is 28.9. The van der Waals surface area contributed by atoms with Crippen LogP contribution in [0.4, 0.5) is 0 Å². The molecule has 0 aromatic carbocycles. The van der Waals surface area contributed by atoms with Gasteiger partial charge in [-0.1, -0.05) is 6.42 Å². The van der Waals surface area contributed by atoms with Gasteiger partial charge >= 0.3 is 0 Å². The predicted octanol–water partition coefficient (Wildman–Crippen LogP) is 1.37. The van der Waals surface area contributed by atoms with E-state index in [9.17, 15) is 13.5 Å². The molecule has 6 heteroatoms. The molecule has 16 heavy (non-hydrogen) atoms. The fourth-order valence-electron chi connectivity index (χ4n) is 1.87. The van der Waals surface area contributed by atoms with Crippen LogP contribution in [0.2, 0.25) is 0 Å². The molecule has 1 saturated heterocycles. The van der Waals surface area contributed by atoms with E-state index >= 15 is 0 Å². The number of hydrogen-bond acceptors (Lipinski definition) is 5. The molecule has 0 aliphatic carbocycles. The van der Waals surface area contributed by atoms with Crippen molar-refractivity contribution >= 4 is 9.84 Å². The normalized spacial score (nSPS) is 26.5. The molecule has 0 saturated carbocycles. The van der Waals surface area contributed by atoms with Gasteiger partial charge in [-0.25, -0.2) is 13.4 Å². The van der Waals surface area contributed by atoms with Crippen LogP contribution in [0.5, 0.6) is 0 Å². The highest BCUT2D eigenvalue weighted by molar-refractivity contribution is 7.91. The molecule has 0 amide bonds. The Morgan fingerprint density at radius 2 is 2.31 bits per heavy atom. The monoisotopic (exact) mass is 245 g/mol. The van der Waals surface area contributed by atoms with E-state index in [1.165, 1.54) is 6.20 Å². The summed E-state index contributed by atoms with van der Waals surface area (Å²) in [6.45, 7) is 1.56. The van der Waals surface area contributed by atoms with Gasteiger partial charge in [0, 0.05) is 0 Å². The second-order valence-electron chi connectivity index (χ2n) is 4.13. The van der Waals surface area contributed by atoms with Gasteiger partial charge in [-0.05, 0) is 19.8 Å². The first-order chi connectivity index (χ1) is 7.50. The van der Waals surface area contributed by atoms with Crippen LogP contribution in [0.15, 0.2) is 10.6 Å². The average molecular weight is 245 g/mol. The molecule has 2 unspecified atom stereocenters. The van der Waals surface area contributed by atoms with Crippen molar-refractivity contribution in [3.63, 3.8) is 0 Å². The number of sulfone groups is 1. The first-order valence-electron chi connectivity index (χ1n) is 5.36. The standard InChI is InChI=1S/C10H15NO4S/c1-7(12)8-6-11-10(15-8)9-4-2-3-5-16(9,13)14/h6-7,9,12H,2-5H2,1H3. The molecule has 1 aromatic rings. The van der Waals surface area contributed by atoms with Crippen molar-refractivity contribution in [1.82, 2.24) is 4.98 Å². The van der Waals surface area contributed by atoms with Crippen LogP contribution >= 0.6 is 0 Å². The molecule has 2 heterocycles. The Kier molecular flexibility index (Phi) is 3.03. The maximum atomic E-state index is 11.8. The molecule has 1 fully saturated rings. The summed E-state index contributed by atoms with van der Waals surface area (Å²) in [5.74, 6) is 0.732. The van der Waals surface area contributed by atoms with Gasteiger partial charge in [0.05, 0.1) is 11.9 Å². The van der Waals surface area contributed by atoms with Crippen LogP contribution in [-0.4, -0.2) is 24.3 Å². The van der Waals surface area contributed by atoms with Gasteiger partial charge in [0.2, 0.25) is 5.89 Å². The van der Waals surface area contributed by atoms with Gasteiger partial charge < -0.3 is 9.52 Å². The van der Waals surface area contributed by atoms with Crippen LogP contribution in [0.3, 0.4) is 0 Å². The molecule has 5 nitrogen and oxygen atoms in total. The molecule has 2 rings (SSSR count). The minimum Gasteiger partial charge on any atom is -0.442 e. The highest BCUT2D eigenvalue weighted by Crippen LogP contribution is 2.33. The highest BCUT2D eigenvalue weighted by Gasteiger charge is 2.34. The van der Waals surface area contributed by atoms with Gasteiger partial charge in [0.25, 0.3) is 0 Å². The summed E-state index contributed by atoms with van der Waals surface area (Å²) in [4.78, 5) is 3.95. The van der Waals surface area contributed by atoms with Crippen LogP contribution in [-0.2, 0) is 9.84 Å². The van der Waals surface area contributed by atoms with Crippen molar-refractivity contribution in [2.75, 3.05) is 5.75 Å². The smallest absolute Gasteiger partial charge is 0.212 e. The van der Waals surface area contributed by atoms with E-state index in [0.29, 0.717) is 18.6 Å². The van der Waals surface area contributed by atoms with E-state index in [1.54, 1.807) is 6.92 Å². The van der Waals surface area contributed by atoms with Crippen LogP contribution < -0.4 is 0 Å². The van der Waals surface area contributed by atoms with Crippen molar-refractivity contribution in [2.24, 2.45) is 0 Å². The SMILES string of the molecule is CC(O)c1cnc(C2CCCCS2(=O)=O)o1. The summed E-state index contributed by atoms with van der Waals surface area (Å²) in [7, 11) is -3.13. The van der Waals surface area contributed by atoms with Crippen molar-refractivity contribution in [3.8, 4) is 0 Å². The quantitative estimate of drug-likeness (QED) is 0.851. The van der Waals surface area contributed by atoms with Crippen LogP contribution in [0.25, 0.3) is 0 Å². The zero-order valence-corrected chi connectivity index (χ0v) is 9.90. The number of aromatic nitrogens is 1. The van der Waals surface area contributed by atoms with Crippen molar-refractivity contribution in [1.29, 1.82) is 0 Å². The zero-order valence-electron chi connectivity index (χ0n) is 9.09. The second kappa shape index (κ2) is 4.18. The molecule has 2 atom stereocenters. The maximum Gasteiger partial charge on any atom is 0.212 e. The number of nitrogens with zero attached hydrogens (tertiary/aromatic N) is 1. The van der Waals surface area contributed by atoms with Crippen molar-refractivity contribution < 1.29 is 17.9 Å². The van der Waals surface area contributed by atoms with E-state index in [-0.39, 0.29) is 11.6 Å². The first-order valence-corrected chi connectivity index (χ1v) is 7.07. The van der Waals surface area contributed by atoms with Gasteiger partial charge in [0.15, 0.2) is 15.6 Å². The Labute approximate surface area is 94.4 Å². The highest BCUT2D eigenvalue weighted by atomic mass is 32.2. The van der Waals surface area contributed by atoms with E-state index in [1.807, 2.05) is 0 Å². The van der Waals surface area contributed by atoms with E-state index in [0.717, 1.165) is 6.42 Å². The third kappa shape index (κ3) is 2.12. The Morgan fingerprint density at radius 3 is 2.88 bits per heavy atom. The zero-order chi connectivity index (χ0) is 11.8. The fraction of sp³-hybridized carbons (Fsp3) is 0.700. The molecular weight excluding hydrogens is 230 g/mol. The lowest BCUT2D eigenvalue weighted by molar-refractivity contribution is 0.166. The fourth-order valence-corrected chi connectivity index (χ4v) is 3.71. The lowest BCUT2D eigenvalue weighted by Crippen LogP contribution is -2.21. The Hall–Kier alpha value is -0.880. The summed E-state index contributed by atoms with van der Waals surface area (Å²) in [5, 5.41) is 8.65. The Balaban J connectivity index is 2.29. The minimum atomic E-state index is -3.13. The van der Waals surface area contributed by atoms with Crippen molar-refractivity contribution in [2.45, 2.75) is 37.5 Å². The number of rotatable bonds is 2. The third-order valence-corrected chi connectivity index (χ3v) is 4.97. The third-order valence-electron chi connectivity index (χ3n) is 2.81. The number of oxazole rings is 1. The molecular formula is C10H15NO4S. The molecule has 1 N–H and O–H groups in total. The molecule has 0 bridgehead atoms. The topological polar surface area (TPSA) is 80.4 Å². The lowest BCUT2D eigenvalue weighted by atomic mass is 10.2. The largest absolute Gasteiger partial charge is 0.442 e. The maximum absolute atomic E-state index is 11.8. The molecule has 0 radical (unpaired) electrons. The van der Waals surface area contributed by atoms with Gasteiger partial charge in [0.1, 0.15) is 11.4 Å². The van der Waals surface area contributed by atoms with Gasteiger partial charge in [-0.3, -0.25) is 0 Å². The number of hydrogen-bond donors (Lipinski definition) is 1. The minimum absolute atomic E-state index is 0.198. The van der Waals surface area contributed by atoms with Crippen LogP contribution in [0, 0.1) is 0 Å². The molecule has 0 spiro atoms. The Morgan fingerprint density at radius 1 is 1.56 bits per heavy atom. The lowest BCUT2D eigenvalue weighted by Gasteiger charge is -2.19. The van der Waals surface area contributed by atoms with Gasteiger partial charge in [-0.2, -0.15) is 0 Å². The molecule has 1 aliphatic rings. The molecule has 1 aromatic heterocycles.